The van der Waals surface area contributed by atoms with Crippen LogP contribution in [0.4, 0.5) is 4.39 Å². The molecule has 0 aromatic heterocycles. The summed E-state index contributed by atoms with van der Waals surface area (Å²) >= 11 is 5.59. The molecule has 1 aromatic rings. The Balaban J connectivity index is 3.25. The molecular formula is C9H7ClFNO2. The SMILES string of the molecule is Cc1cc(CN=C=O)c(F)c(O)c1Cl. The lowest BCUT2D eigenvalue weighted by molar-refractivity contribution is 0.428. The van der Waals surface area contributed by atoms with Gasteiger partial charge in [0.05, 0.1) is 11.6 Å². The molecule has 0 saturated carbocycles. The number of aliphatic imine (C=N–C) groups is 1. The van der Waals surface area contributed by atoms with Gasteiger partial charge in [-0.2, -0.15) is 0 Å². The van der Waals surface area contributed by atoms with Crippen LogP contribution in [-0.4, -0.2) is 11.2 Å². The lowest BCUT2D eigenvalue weighted by Gasteiger charge is -2.06. The molecule has 0 aliphatic heterocycles. The zero-order valence-electron chi connectivity index (χ0n) is 7.34. The van der Waals surface area contributed by atoms with Gasteiger partial charge in [-0.05, 0) is 18.6 Å². The second-order valence-corrected chi connectivity index (χ2v) is 3.11. The fraction of sp³-hybridized carbons (Fsp3) is 0.222. The summed E-state index contributed by atoms with van der Waals surface area (Å²) in [6, 6.07) is 1.43. The molecule has 0 aliphatic rings. The van der Waals surface area contributed by atoms with Gasteiger partial charge in [-0.1, -0.05) is 11.6 Å². The second-order valence-electron chi connectivity index (χ2n) is 2.74. The first kappa shape index (κ1) is 10.7. The van der Waals surface area contributed by atoms with E-state index in [9.17, 15) is 14.3 Å². The van der Waals surface area contributed by atoms with Crippen molar-refractivity contribution in [1.82, 2.24) is 0 Å². The average Bonchev–Trinajstić information content (AvgIpc) is 2.18. The Morgan fingerprint density at radius 3 is 2.93 bits per heavy atom. The molecule has 1 rings (SSSR count). The number of isocyanates is 1. The van der Waals surface area contributed by atoms with Crippen LogP contribution in [0, 0.1) is 12.7 Å². The number of carbonyl (C=O) groups excluding carboxylic acids is 1. The smallest absolute Gasteiger partial charge is 0.235 e. The van der Waals surface area contributed by atoms with E-state index >= 15 is 0 Å². The van der Waals surface area contributed by atoms with E-state index < -0.39 is 11.6 Å². The molecule has 0 bridgehead atoms. The molecule has 0 radical (unpaired) electrons. The van der Waals surface area contributed by atoms with E-state index in [0.29, 0.717) is 5.56 Å². The van der Waals surface area contributed by atoms with Gasteiger partial charge in [0.25, 0.3) is 0 Å². The van der Waals surface area contributed by atoms with Crippen molar-refractivity contribution in [2.24, 2.45) is 4.99 Å². The summed E-state index contributed by atoms with van der Waals surface area (Å²) in [5, 5.41) is 9.19. The van der Waals surface area contributed by atoms with Gasteiger partial charge in [0.15, 0.2) is 11.6 Å². The van der Waals surface area contributed by atoms with E-state index in [-0.39, 0.29) is 17.1 Å². The molecule has 1 N–H and O–H groups in total. The fourth-order valence-electron chi connectivity index (χ4n) is 1.06. The Hall–Kier alpha value is -1.38. The molecule has 5 heteroatoms. The first-order chi connectivity index (χ1) is 6.57. The summed E-state index contributed by atoms with van der Waals surface area (Å²) in [5.74, 6) is -1.46. The first-order valence-electron chi connectivity index (χ1n) is 3.78. The lowest BCUT2D eigenvalue weighted by Crippen LogP contribution is -1.92. The van der Waals surface area contributed by atoms with E-state index in [1.54, 1.807) is 6.92 Å². The van der Waals surface area contributed by atoms with Crippen LogP contribution in [0.1, 0.15) is 11.1 Å². The zero-order valence-corrected chi connectivity index (χ0v) is 8.10. The third-order valence-corrected chi connectivity index (χ3v) is 2.23. The molecule has 0 atom stereocenters. The molecule has 0 unspecified atom stereocenters. The molecule has 0 aliphatic carbocycles. The molecule has 0 fully saturated rings. The van der Waals surface area contributed by atoms with E-state index in [1.165, 1.54) is 12.1 Å². The number of rotatable bonds is 2. The molecule has 0 amide bonds. The highest BCUT2D eigenvalue weighted by molar-refractivity contribution is 6.32. The van der Waals surface area contributed by atoms with Gasteiger partial charge in [0.2, 0.25) is 6.08 Å². The number of nitrogens with zero attached hydrogens (tertiary/aromatic N) is 1. The summed E-state index contributed by atoms with van der Waals surface area (Å²) in [5.41, 5.74) is 0.648. The molecule has 0 saturated heterocycles. The van der Waals surface area contributed by atoms with Gasteiger partial charge in [0.1, 0.15) is 0 Å². The standard InChI is InChI=1S/C9H7ClFNO2/c1-5-2-6(3-12-4-13)8(11)9(14)7(5)10/h2,14H,3H2,1H3. The normalized spacial score (nSPS) is 9.64. The van der Waals surface area contributed by atoms with Gasteiger partial charge in [0, 0.05) is 5.56 Å². The van der Waals surface area contributed by atoms with Crippen molar-refractivity contribution >= 4 is 17.7 Å². The zero-order chi connectivity index (χ0) is 10.7. The summed E-state index contributed by atoms with van der Waals surface area (Å²) in [4.78, 5) is 13.0. The van der Waals surface area contributed by atoms with Gasteiger partial charge >= 0.3 is 0 Å². The van der Waals surface area contributed by atoms with Crippen LogP contribution in [0.25, 0.3) is 0 Å². The van der Waals surface area contributed by atoms with Crippen LogP contribution in [0.3, 0.4) is 0 Å². The van der Waals surface area contributed by atoms with Crippen molar-refractivity contribution in [3.05, 3.63) is 28.0 Å². The lowest BCUT2D eigenvalue weighted by atomic mass is 10.1. The largest absolute Gasteiger partial charge is 0.504 e. The summed E-state index contributed by atoms with van der Waals surface area (Å²) in [6.07, 6.45) is 1.29. The number of phenolic OH excluding ortho intramolecular Hbond substituents is 1. The van der Waals surface area contributed by atoms with Gasteiger partial charge in [-0.15, -0.1) is 0 Å². The molecule has 74 valence electrons. The third kappa shape index (κ3) is 1.92. The van der Waals surface area contributed by atoms with Crippen molar-refractivity contribution in [1.29, 1.82) is 0 Å². The van der Waals surface area contributed by atoms with E-state index in [1.807, 2.05) is 0 Å². The number of phenols is 1. The number of benzene rings is 1. The molecule has 0 heterocycles. The third-order valence-electron chi connectivity index (χ3n) is 1.75. The van der Waals surface area contributed by atoms with Crippen LogP contribution < -0.4 is 0 Å². The Morgan fingerprint density at radius 1 is 1.71 bits per heavy atom. The number of hydrogen-bond donors (Lipinski definition) is 1. The van der Waals surface area contributed by atoms with Crippen molar-refractivity contribution in [2.75, 3.05) is 0 Å². The molecule has 1 aromatic carbocycles. The highest BCUT2D eigenvalue weighted by atomic mass is 35.5. The van der Waals surface area contributed by atoms with Crippen molar-refractivity contribution < 1.29 is 14.3 Å². The van der Waals surface area contributed by atoms with E-state index in [2.05, 4.69) is 4.99 Å². The van der Waals surface area contributed by atoms with Crippen molar-refractivity contribution in [2.45, 2.75) is 13.5 Å². The fourth-order valence-corrected chi connectivity index (χ4v) is 1.19. The molecule has 0 spiro atoms. The van der Waals surface area contributed by atoms with Crippen LogP contribution in [0.5, 0.6) is 5.75 Å². The van der Waals surface area contributed by atoms with Crippen molar-refractivity contribution in [3.63, 3.8) is 0 Å². The number of aromatic hydroxyl groups is 1. The predicted octanol–water partition coefficient (Wildman–Crippen LogP) is 2.33. The maximum atomic E-state index is 13.2. The second kappa shape index (κ2) is 4.22. The maximum Gasteiger partial charge on any atom is 0.235 e. The van der Waals surface area contributed by atoms with Crippen molar-refractivity contribution in [3.8, 4) is 5.75 Å². The van der Waals surface area contributed by atoms with Gasteiger partial charge in [-0.25, -0.2) is 14.2 Å². The Labute approximate surface area is 84.8 Å². The topological polar surface area (TPSA) is 49.7 Å². The Bertz CT molecular complexity index is 414. The average molecular weight is 216 g/mol. The summed E-state index contributed by atoms with van der Waals surface area (Å²) in [6.45, 7) is 1.47. The number of hydrogen-bond acceptors (Lipinski definition) is 3. The molecule has 14 heavy (non-hydrogen) atoms. The van der Waals surface area contributed by atoms with Crippen LogP contribution in [0.15, 0.2) is 11.1 Å². The van der Waals surface area contributed by atoms with Crippen LogP contribution in [0.2, 0.25) is 5.02 Å². The first-order valence-corrected chi connectivity index (χ1v) is 4.15. The molecular weight excluding hydrogens is 209 g/mol. The summed E-state index contributed by atoms with van der Waals surface area (Å²) < 4.78 is 13.2. The Kier molecular flexibility index (Phi) is 3.23. The van der Waals surface area contributed by atoms with E-state index in [4.69, 9.17) is 11.6 Å². The quantitative estimate of drug-likeness (QED) is 0.608. The predicted molar refractivity (Wildman–Crippen MR) is 49.6 cm³/mol. The number of halogens is 2. The minimum atomic E-state index is -0.848. The highest BCUT2D eigenvalue weighted by Crippen LogP contribution is 2.32. The highest BCUT2D eigenvalue weighted by Gasteiger charge is 2.13. The number of aryl methyl sites for hydroxylation is 1. The van der Waals surface area contributed by atoms with Gasteiger partial charge < -0.3 is 5.11 Å². The van der Waals surface area contributed by atoms with Gasteiger partial charge in [-0.3, -0.25) is 0 Å². The molecule has 3 nitrogen and oxygen atoms in total. The van der Waals surface area contributed by atoms with E-state index in [0.717, 1.165) is 0 Å². The monoisotopic (exact) mass is 215 g/mol. The Morgan fingerprint density at radius 2 is 2.36 bits per heavy atom. The maximum absolute atomic E-state index is 13.2. The van der Waals surface area contributed by atoms with Crippen LogP contribution in [-0.2, 0) is 11.3 Å². The minimum absolute atomic E-state index is 0.0265. The summed E-state index contributed by atoms with van der Waals surface area (Å²) in [7, 11) is 0. The minimum Gasteiger partial charge on any atom is -0.504 e. The van der Waals surface area contributed by atoms with Crippen LogP contribution >= 0.6 is 11.6 Å².